The maximum Gasteiger partial charge on any atom is 0.269 e. The zero-order valence-corrected chi connectivity index (χ0v) is 10.9. The normalized spacial score (nSPS) is 10.2. The summed E-state index contributed by atoms with van der Waals surface area (Å²) in [6.45, 7) is 2.15. The summed E-state index contributed by atoms with van der Waals surface area (Å²) in [5.41, 5.74) is 1.95. The molecule has 2 N–H and O–H groups in total. The Kier molecular flexibility index (Phi) is 4.09. The van der Waals surface area contributed by atoms with E-state index in [0.29, 0.717) is 24.1 Å². The van der Waals surface area contributed by atoms with Crippen LogP contribution in [0.2, 0.25) is 0 Å². The summed E-state index contributed by atoms with van der Waals surface area (Å²) in [7, 11) is 0. The van der Waals surface area contributed by atoms with E-state index in [2.05, 4.69) is 15.3 Å². The number of non-ortho nitro benzene ring substituents is 1. The molecule has 0 saturated carbocycles. The van der Waals surface area contributed by atoms with E-state index < -0.39 is 4.92 Å². The number of carbonyl (C=O) groups is 1. The van der Waals surface area contributed by atoms with Crippen LogP contribution in [0.3, 0.4) is 0 Å². The molecule has 0 radical (unpaired) electrons. The number of imidazole rings is 1. The third kappa shape index (κ3) is 3.19. The first kappa shape index (κ1) is 13.7. The third-order valence-electron chi connectivity index (χ3n) is 2.90. The first-order valence-corrected chi connectivity index (χ1v) is 6.08. The molecule has 0 aliphatic rings. The molecule has 104 valence electrons. The Morgan fingerprint density at radius 3 is 2.90 bits per heavy atom. The monoisotopic (exact) mass is 274 g/mol. The van der Waals surface area contributed by atoms with Gasteiger partial charge in [-0.05, 0) is 18.6 Å². The molecular formula is C13H14N4O3. The molecule has 1 aromatic heterocycles. The van der Waals surface area contributed by atoms with E-state index in [1.54, 1.807) is 19.4 Å². The van der Waals surface area contributed by atoms with Crippen molar-refractivity contribution >= 4 is 11.6 Å². The van der Waals surface area contributed by atoms with Crippen LogP contribution in [0.5, 0.6) is 0 Å². The van der Waals surface area contributed by atoms with Crippen molar-refractivity contribution in [3.8, 4) is 0 Å². The fourth-order valence-corrected chi connectivity index (χ4v) is 1.84. The van der Waals surface area contributed by atoms with E-state index in [-0.39, 0.29) is 11.6 Å². The third-order valence-corrected chi connectivity index (χ3v) is 2.90. The number of aromatic nitrogens is 2. The number of hydrogen-bond acceptors (Lipinski definition) is 4. The number of carbonyl (C=O) groups excluding carboxylic acids is 1. The first-order chi connectivity index (χ1) is 9.58. The molecule has 2 rings (SSSR count). The lowest BCUT2D eigenvalue weighted by Gasteiger charge is -2.07. The van der Waals surface area contributed by atoms with Gasteiger partial charge in [-0.3, -0.25) is 14.9 Å². The SMILES string of the molecule is Cc1cc([N+](=O)[O-])ccc1C(=O)NCCc1cnc[nH]1. The Balaban J connectivity index is 1.97. The second kappa shape index (κ2) is 5.96. The van der Waals surface area contributed by atoms with Crippen LogP contribution in [-0.2, 0) is 6.42 Å². The highest BCUT2D eigenvalue weighted by Crippen LogP contribution is 2.16. The van der Waals surface area contributed by atoms with Gasteiger partial charge < -0.3 is 10.3 Å². The Morgan fingerprint density at radius 2 is 2.30 bits per heavy atom. The number of benzene rings is 1. The first-order valence-electron chi connectivity index (χ1n) is 6.08. The minimum absolute atomic E-state index is 0.0171. The van der Waals surface area contributed by atoms with E-state index in [9.17, 15) is 14.9 Å². The van der Waals surface area contributed by atoms with Crippen molar-refractivity contribution in [1.82, 2.24) is 15.3 Å². The number of nitrogens with zero attached hydrogens (tertiary/aromatic N) is 2. The van der Waals surface area contributed by atoms with Gasteiger partial charge in [-0.2, -0.15) is 0 Å². The molecule has 1 amide bonds. The number of nitro benzene ring substituents is 1. The van der Waals surface area contributed by atoms with Crippen LogP contribution in [0.1, 0.15) is 21.6 Å². The molecule has 1 heterocycles. The fraction of sp³-hybridized carbons (Fsp3) is 0.231. The predicted molar refractivity (Wildman–Crippen MR) is 72.5 cm³/mol. The minimum Gasteiger partial charge on any atom is -0.352 e. The van der Waals surface area contributed by atoms with Gasteiger partial charge in [0.25, 0.3) is 11.6 Å². The van der Waals surface area contributed by atoms with E-state index in [1.165, 1.54) is 18.2 Å². The largest absolute Gasteiger partial charge is 0.352 e. The second-order valence-corrected chi connectivity index (χ2v) is 4.34. The second-order valence-electron chi connectivity index (χ2n) is 4.34. The van der Waals surface area contributed by atoms with Gasteiger partial charge in [0.1, 0.15) is 0 Å². The molecule has 0 saturated heterocycles. The molecule has 0 aliphatic carbocycles. The molecule has 0 bridgehead atoms. The molecule has 0 atom stereocenters. The van der Waals surface area contributed by atoms with Gasteiger partial charge in [0, 0.05) is 42.6 Å². The molecule has 2 aromatic rings. The van der Waals surface area contributed by atoms with Crippen LogP contribution >= 0.6 is 0 Å². The van der Waals surface area contributed by atoms with Crippen molar-refractivity contribution < 1.29 is 9.72 Å². The average Bonchev–Trinajstić information content (AvgIpc) is 2.91. The highest BCUT2D eigenvalue weighted by atomic mass is 16.6. The van der Waals surface area contributed by atoms with E-state index >= 15 is 0 Å². The van der Waals surface area contributed by atoms with Crippen molar-refractivity contribution in [3.05, 3.63) is 57.7 Å². The summed E-state index contributed by atoms with van der Waals surface area (Å²) >= 11 is 0. The van der Waals surface area contributed by atoms with Gasteiger partial charge in [-0.25, -0.2) is 4.98 Å². The van der Waals surface area contributed by atoms with Gasteiger partial charge in [0.15, 0.2) is 0 Å². The Labute approximate surface area is 115 Å². The molecule has 0 fully saturated rings. The van der Waals surface area contributed by atoms with Crippen molar-refractivity contribution in [2.75, 3.05) is 6.54 Å². The number of rotatable bonds is 5. The number of aromatic amines is 1. The van der Waals surface area contributed by atoms with Crippen molar-refractivity contribution in [2.45, 2.75) is 13.3 Å². The Morgan fingerprint density at radius 1 is 1.50 bits per heavy atom. The quantitative estimate of drug-likeness (QED) is 0.638. The molecule has 7 heteroatoms. The minimum atomic E-state index is -0.479. The summed E-state index contributed by atoms with van der Waals surface area (Å²) < 4.78 is 0. The molecular weight excluding hydrogens is 260 g/mol. The molecule has 7 nitrogen and oxygen atoms in total. The maximum absolute atomic E-state index is 12.0. The van der Waals surface area contributed by atoms with E-state index in [0.717, 1.165) is 5.69 Å². The van der Waals surface area contributed by atoms with Crippen LogP contribution < -0.4 is 5.32 Å². The summed E-state index contributed by atoms with van der Waals surface area (Å²) in [4.78, 5) is 29.0. The number of aryl methyl sites for hydroxylation is 1. The lowest BCUT2D eigenvalue weighted by Crippen LogP contribution is -2.26. The molecule has 1 aromatic carbocycles. The Hall–Kier alpha value is -2.70. The molecule has 0 unspecified atom stereocenters. The molecule has 0 spiro atoms. The van der Waals surface area contributed by atoms with Gasteiger partial charge in [-0.1, -0.05) is 0 Å². The number of hydrogen-bond donors (Lipinski definition) is 2. The lowest BCUT2D eigenvalue weighted by molar-refractivity contribution is -0.384. The van der Waals surface area contributed by atoms with Crippen LogP contribution in [0.4, 0.5) is 5.69 Å². The average molecular weight is 274 g/mol. The lowest BCUT2D eigenvalue weighted by atomic mass is 10.1. The zero-order valence-electron chi connectivity index (χ0n) is 10.9. The van der Waals surface area contributed by atoms with Crippen molar-refractivity contribution in [3.63, 3.8) is 0 Å². The summed E-state index contributed by atoms with van der Waals surface area (Å²) in [5, 5.41) is 13.4. The van der Waals surface area contributed by atoms with Crippen LogP contribution in [-0.4, -0.2) is 27.3 Å². The Bertz CT molecular complexity index is 623. The molecule has 0 aliphatic heterocycles. The topological polar surface area (TPSA) is 101 Å². The van der Waals surface area contributed by atoms with Gasteiger partial charge in [-0.15, -0.1) is 0 Å². The van der Waals surface area contributed by atoms with Crippen LogP contribution in [0.25, 0.3) is 0 Å². The number of amides is 1. The maximum atomic E-state index is 12.0. The summed E-state index contributed by atoms with van der Waals surface area (Å²) in [6.07, 6.45) is 3.93. The number of nitrogens with one attached hydrogen (secondary N) is 2. The summed E-state index contributed by atoms with van der Waals surface area (Å²) in [5.74, 6) is -0.239. The number of H-pyrrole nitrogens is 1. The molecule has 20 heavy (non-hydrogen) atoms. The number of nitro groups is 1. The fourth-order valence-electron chi connectivity index (χ4n) is 1.84. The van der Waals surface area contributed by atoms with Gasteiger partial charge >= 0.3 is 0 Å². The predicted octanol–water partition coefficient (Wildman–Crippen LogP) is 1.60. The standard InChI is InChI=1S/C13H14N4O3/c1-9-6-11(17(19)20)2-3-12(9)13(18)15-5-4-10-7-14-8-16-10/h2-3,6-8H,4-5H2,1H3,(H,14,16)(H,15,18). The van der Waals surface area contributed by atoms with Gasteiger partial charge in [0.05, 0.1) is 11.3 Å². The highest BCUT2D eigenvalue weighted by molar-refractivity contribution is 5.95. The van der Waals surface area contributed by atoms with Gasteiger partial charge in [0.2, 0.25) is 0 Å². The van der Waals surface area contributed by atoms with Crippen LogP contribution in [0.15, 0.2) is 30.7 Å². The van der Waals surface area contributed by atoms with E-state index in [1.807, 2.05) is 0 Å². The highest BCUT2D eigenvalue weighted by Gasteiger charge is 2.13. The van der Waals surface area contributed by atoms with Crippen molar-refractivity contribution in [1.29, 1.82) is 0 Å². The van der Waals surface area contributed by atoms with Crippen LogP contribution in [0, 0.1) is 17.0 Å². The zero-order chi connectivity index (χ0) is 14.5. The van der Waals surface area contributed by atoms with Crippen molar-refractivity contribution in [2.24, 2.45) is 0 Å². The smallest absolute Gasteiger partial charge is 0.269 e. The summed E-state index contributed by atoms with van der Waals surface area (Å²) in [6, 6.07) is 4.19. The van der Waals surface area contributed by atoms with E-state index in [4.69, 9.17) is 0 Å².